The summed E-state index contributed by atoms with van der Waals surface area (Å²) in [6, 6.07) is 3.85. The molecule has 1 saturated heterocycles. The SMILES string of the molecule is O=C(Cc1csc(-c2cccnc2)n1)N1CCC(CO)CC1. The van der Waals surface area contributed by atoms with Crippen LogP contribution in [-0.2, 0) is 11.2 Å². The van der Waals surface area contributed by atoms with Crippen LogP contribution in [0, 0.1) is 5.92 Å². The smallest absolute Gasteiger partial charge is 0.228 e. The van der Waals surface area contributed by atoms with Crippen LogP contribution in [0.25, 0.3) is 10.6 Å². The third kappa shape index (κ3) is 3.51. The standard InChI is InChI=1S/C16H19N3O2S/c20-10-12-3-6-19(7-4-12)15(21)8-14-11-22-16(18-14)13-2-1-5-17-9-13/h1-2,5,9,11-12,20H,3-4,6-8,10H2. The van der Waals surface area contributed by atoms with Crippen molar-refractivity contribution >= 4 is 17.2 Å². The Bertz CT molecular complexity index is 621. The minimum Gasteiger partial charge on any atom is -0.396 e. The normalized spacial score (nSPS) is 16.0. The molecular weight excluding hydrogens is 298 g/mol. The Hall–Kier alpha value is -1.79. The lowest BCUT2D eigenvalue weighted by molar-refractivity contribution is -0.132. The van der Waals surface area contributed by atoms with Crippen LogP contribution in [-0.4, -0.2) is 45.6 Å². The fraction of sp³-hybridized carbons (Fsp3) is 0.438. The van der Waals surface area contributed by atoms with Gasteiger partial charge in [0.2, 0.25) is 5.91 Å². The number of aromatic nitrogens is 2. The Labute approximate surface area is 133 Å². The Morgan fingerprint density at radius 1 is 1.41 bits per heavy atom. The number of nitrogens with zero attached hydrogens (tertiary/aromatic N) is 3. The van der Waals surface area contributed by atoms with E-state index in [-0.39, 0.29) is 12.5 Å². The molecular formula is C16H19N3O2S. The van der Waals surface area contributed by atoms with Crippen molar-refractivity contribution in [3.8, 4) is 10.6 Å². The fourth-order valence-corrected chi connectivity index (χ4v) is 3.45. The van der Waals surface area contributed by atoms with Gasteiger partial charge in [0.15, 0.2) is 0 Å². The maximum absolute atomic E-state index is 12.3. The van der Waals surface area contributed by atoms with Crippen molar-refractivity contribution in [2.45, 2.75) is 19.3 Å². The molecule has 1 aliphatic heterocycles. The van der Waals surface area contributed by atoms with Gasteiger partial charge in [0.1, 0.15) is 5.01 Å². The molecule has 2 aromatic rings. The van der Waals surface area contributed by atoms with Gasteiger partial charge < -0.3 is 10.0 Å². The first kappa shape index (κ1) is 15.1. The van der Waals surface area contributed by atoms with Crippen LogP contribution in [0.5, 0.6) is 0 Å². The number of rotatable bonds is 4. The molecule has 0 saturated carbocycles. The zero-order chi connectivity index (χ0) is 15.4. The van der Waals surface area contributed by atoms with E-state index >= 15 is 0 Å². The number of amides is 1. The van der Waals surface area contributed by atoms with Crippen molar-refractivity contribution in [2.75, 3.05) is 19.7 Å². The lowest BCUT2D eigenvalue weighted by Crippen LogP contribution is -2.40. The van der Waals surface area contributed by atoms with Crippen LogP contribution in [0.2, 0.25) is 0 Å². The predicted octanol–water partition coefficient (Wildman–Crippen LogP) is 1.98. The number of likely N-dealkylation sites (tertiary alicyclic amines) is 1. The van der Waals surface area contributed by atoms with Crippen LogP contribution in [0.1, 0.15) is 18.5 Å². The van der Waals surface area contributed by atoms with Gasteiger partial charge in [-0.25, -0.2) is 4.98 Å². The lowest BCUT2D eigenvalue weighted by atomic mass is 9.97. The fourth-order valence-electron chi connectivity index (χ4n) is 2.64. The average Bonchev–Trinajstić information content (AvgIpc) is 3.04. The first-order valence-electron chi connectivity index (χ1n) is 7.49. The van der Waals surface area contributed by atoms with E-state index in [4.69, 9.17) is 5.11 Å². The van der Waals surface area contributed by atoms with Gasteiger partial charge in [-0.05, 0) is 30.9 Å². The Balaban J connectivity index is 1.60. The molecule has 0 atom stereocenters. The molecule has 116 valence electrons. The van der Waals surface area contributed by atoms with Gasteiger partial charge in [-0.1, -0.05) is 0 Å². The number of hydrogen-bond acceptors (Lipinski definition) is 5. The highest BCUT2D eigenvalue weighted by Gasteiger charge is 2.22. The highest BCUT2D eigenvalue weighted by Crippen LogP contribution is 2.23. The summed E-state index contributed by atoms with van der Waals surface area (Å²) in [4.78, 5) is 22.8. The number of pyridine rings is 1. The van der Waals surface area contributed by atoms with Crippen molar-refractivity contribution in [2.24, 2.45) is 5.92 Å². The van der Waals surface area contributed by atoms with E-state index in [1.807, 2.05) is 22.4 Å². The topological polar surface area (TPSA) is 66.3 Å². The summed E-state index contributed by atoms with van der Waals surface area (Å²) in [5, 5.41) is 12.0. The molecule has 0 unspecified atom stereocenters. The minimum atomic E-state index is 0.124. The van der Waals surface area contributed by atoms with E-state index in [1.165, 1.54) is 0 Å². The summed E-state index contributed by atoms with van der Waals surface area (Å²) in [5.74, 6) is 0.472. The first-order valence-corrected chi connectivity index (χ1v) is 8.37. The van der Waals surface area contributed by atoms with Crippen LogP contribution >= 0.6 is 11.3 Å². The van der Waals surface area contributed by atoms with E-state index in [1.54, 1.807) is 23.7 Å². The van der Waals surface area contributed by atoms with Crippen molar-refractivity contribution in [3.05, 3.63) is 35.6 Å². The number of hydrogen-bond donors (Lipinski definition) is 1. The molecule has 1 N–H and O–H groups in total. The van der Waals surface area contributed by atoms with Crippen molar-refractivity contribution in [1.29, 1.82) is 0 Å². The average molecular weight is 317 g/mol. The third-order valence-electron chi connectivity index (χ3n) is 4.02. The number of aliphatic hydroxyl groups is 1. The van der Waals surface area contributed by atoms with Gasteiger partial charge in [-0.15, -0.1) is 11.3 Å². The largest absolute Gasteiger partial charge is 0.396 e. The monoisotopic (exact) mass is 317 g/mol. The Morgan fingerprint density at radius 2 is 2.23 bits per heavy atom. The molecule has 5 nitrogen and oxygen atoms in total. The second kappa shape index (κ2) is 6.98. The Kier molecular flexibility index (Phi) is 4.80. The maximum atomic E-state index is 12.3. The van der Waals surface area contributed by atoms with Crippen LogP contribution < -0.4 is 0 Å². The molecule has 0 aliphatic carbocycles. The van der Waals surface area contributed by atoms with Gasteiger partial charge in [0.05, 0.1) is 12.1 Å². The van der Waals surface area contributed by atoms with Gasteiger partial charge >= 0.3 is 0 Å². The molecule has 3 heterocycles. The summed E-state index contributed by atoms with van der Waals surface area (Å²) in [6.07, 6.45) is 5.64. The van der Waals surface area contributed by atoms with Gasteiger partial charge in [0, 0.05) is 43.0 Å². The van der Waals surface area contributed by atoms with E-state index in [0.29, 0.717) is 12.3 Å². The van der Waals surface area contributed by atoms with Crippen LogP contribution in [0.4, 0.5) is 0 Å². The molecule has 3 rings (SSSR count). The predicted molar refractivity (Wildman–Crippen MR) is 85.4 cm³/mol. The van der Waals surface area contributed by atoms with E-state index in [0.717, 1.165) is 42.2 Å². The summed E-state index contributed by atoms with van der Waals surface area (Å²) in [6.45, 7) is 1.70. The summed E-state index contributed by atoms with van der Waals surface area (Å²) in [5.41, 5.74) is 1.80. The van der Waals surface area contributed by atoms with Gasteiger partial charge in [0.25, 0.3) is 0 Å². The first-order chi connectivity index (χ1) is 10.8. The molecule has 0 aromatic carbocycles. The van der Waals surface area contributed by atoms with E-state index < -0.39 is 0 Å². The second-order valence-electron chi connectivity index (χ2n) is 5.57. The second-order valence-corrected chi connectivity index (χ2v) is 6.43. The molecule has 6 heteroatoms. The molecule has 1 amide bonds. The third-order valence-corrected chi connectivity index (χ3v) is 4.96. The number of thiazole rings is 1. The Morgan fingerprint density at radius 3 is 2.91 bits per heavy atom. The van der Waals surface area contributed by atoms with Gasteiger partial charge in [-0.3, -0.25) is 9.78 Å². The number of carbonyl (C=O) groups excluding carboxylic acids is 1. The molecule has 0 bridgehead atoms. The zero-order valence-corrected chi connectivity index (χ0v) is 13.1. The van der Waals surface area contributed by atoms with Crippen LogP contribution in [0.3, 0.4) is 0 Å². The highest BCUT2D eigenvalue weighted by molar-refractivity contribution is 7.13. The minimum absolute atomic E-state index is 0.124. The van der Waals surface area contributed by atoms with Crippen molar-refractivity contribution < 1.29 is 9.90 Å². The molecule has 1 fully saturated rings. The summed E-state index contributed by atoms with van der Waals surface area (Å²) < 4.78 is 0. The number of piperidine rings is 1. The van der Waals surface area contributed by atoms with Crippen LogP contribution in [0.15, 0.2) is 29.9 Å². The molecule has 22 heavy (non-hydrogen) atoms. The lowest BCUT2D eigenvalue weighted by Gasteiger charge is -2.31. The maximum Gasteiger partial charge on any atom is 0.228 e. The van der Waals surface area contributed by atoms with E-state index in [2.05, 4.69) is 9.97 Å². The molecule has 0 radical (unpaired) electrons. The van der Waals surface area contributed by atoms with E-state index in [9.17, 15) is 4.79 Å². The van der Waals surface area contributed by atoms with Crippen molar-refractivity contribution in [3.63, 3.8) is 0 Å². The zero-order valence-electron chi connectivity index (χ0n) is 12.3. The highest BCUT2D eigenvalue weighted by atomic mass is 32.1. The molecule has 2 aromatic heterocycles. The number of carbonyl (C=O) groups is 1. The summed E-state index contributed by atoms with van der Waals surface area (Å²) >= 11 is 1.54. The number of aliphatic hydroxyl groups excluding tert-OH is 1. The molecule has 0 spiro atoms. The molecule has 1 aliphatic rings. The summed E-state index contributed by atoms with van der Waals surface area (Å²) in [7, 11) is 0. The van der Waals surface area contributed by atoms with Gasteiger partial charge in [-0.2, -0.15) is 0 Å². The quantitative estimate of drug-likeness (QED) is 0.936. The van der Waals surface area contributed by atoms with Crippen molar-refractivity contribution in [1.82, 2.24) is 14.9 Å².